The Balaban J connectivity index is 1.63. The van der Waals surface area contributed by atoms with Crippen molar-refractivity contribution < 1.29 is 9.53 Å². The van der Waals surface area contributed by atoms with Crippen molar-refractivity contribution in [3.05, 3.63) is 29.3 Å². The van der Waals surface area contributed by atoms with Crippen LogP contribution in [0.2, 0.25) is 0 Å². The average molecular weight is 330 g/mol. The molecule has 1 atom stereocenters. The molecule has 1 aliphatic heterocycles. The largest absolute Gasteiger partial charge is 0.444 e. The zero-order valence-electron chi connectivity index (χ0n) is 13.8. The first-order valence-corrected chi connectivity index (χ1v) is 9.11. The second-order valence-electron chi connectivity index (χ2n) is 7.73. The second-order valence-corrected chi connectivity index (χ2v) is 8.61. The van der Waals surface area contributed by atoms with Crippen molar-refractivity contribution in [2.75, 3.05) is 0 Å². The zero-order chi connectivity index (χ0) is 16.2. The van der Waals surface area contributed by atoms with Crippen LogP contribution < -0.4 is 0 Å². The predicted molar refractivity (Wildman–Crippen MR) is 91.6 cm³/mol. The SMILES string of the molecule is CC(C)(C)OC(=O)N1C(c2ccc3scnc3c2)CC12CCC2. The Hall–Kier alpha value is -1.62. The third-order valence-electron chi connectivity index (χ3n) is 5.01. The molecule has 122 valence electrons. The van der Waals surface area contributed by atoms with E-state index in [1.807, 2.05) is 31.2 Å². The summed E-state index contributed by atoms with van der Waals surface area (Å²) in [6.07, 6.45) is 4.27. The number of carbonyl (C=O) groups excluding carboxylic acids is 1. The van der Waals surface area contributed by atoms with E-state index in [0.717, 1.165) is 24.8 Å². The first kappa shape index (κ1) is 14.9. The summed E-state index contributed by atoms with van der Waals surface area (Å²) >= 11 is 1.65. The lowest BCUT2D eigenvalue weighted by atomic mass is 9.63. The maximum atomic E-state index is 12.7. The summed E-state index contributed by atoms with van der Waals surface area (Å²) in [6, 6.07) is 6.49. The fraction of sp³-hybridized carbons (Fsp3) is 0.556. The second kappa shape index (κ2) is 4.94. The number of aromatic nitrogens is 1. The van der Waals surface area contributed by atoms with Gasteiger partial charge in [-0.15, -0.1) is 11.3 Å². The minimum Gasteiger partial charge on any atom is -0.444 e. The number of hydrogen-bond acceptors (Lipinski definition) is 4. The molecule has 23 heavy (non-hydrogen) atoms. The molecule has 0 N–H and O–H groups in total. The van der Waals surface area contributed by atoms with E-state index in [0.29, 0.717) is 0 Å². The number of carbonyl (C=O) groups is 1. The van der Waals surface area contributed by atoms with Crippen molar-refractivity contribution in [3.8, 4) is 0 Å². The van der Waals surface area contributed by atoms with Gasteiger partial charge in [0.1, 0.15) is 5.60 Å². The summed E-state index contributed by atoms with van der Waals surface area (Å²) in [4.78, 5) is 19.1. The van der Waals surface area contributed by atoms with E-state index in [1.54, 1.807) is 11.3 Å². The van der Waals surface area contributed by atoms with E-state index in [1.165, 1.54) is 16.7 Å². The summed E-state index contributed by atoms with van der Waals surface area (Å²) in [5, 5.41) is 0. The van der Waals surface area contributed by atoms with Crippen LogP contribution in [0, 0.1) is 0 Å². The maximum absolute atomic E-state index is 12.7. The summed E-state index contributed by atoms with van der Waals surface area (Å²) in [5.41, 5.74) is 3.65. The smallest absolute Gasteiger partial charge is 0.411 e. The Labute approximate surface area is 140 Å². The lowest BCUT2D eigenvalue weighted by Gasteiger charge is -2.62. The normalized spacial score (nSPS) is 22.7. The highest BCUT2D eigenvalue weighted by Crippen LogP contribution is 2.57. The molecule has 2 fully saturated rings. The lowest BCUT2D eigenvalue weighted by molar-refractivity contribution is -0.119. The molecule has 1 aromatic carbocycles. The van der Waals surface area contributed by atoms with Crippen molar-refractivity contribution in [3.63, 3.8) is 0 Å². The van der Waals surface area contributed by atoms with Crippen LogP contribution in [0.1, 0.15) is 58.1 Å². The Morgan fingerprint density at radius 1 is 1.39 bits per heavy atom. The third kappa shape index (κ3) is 2.42. The van der Waals surface area contributed by atoms with Gasteiger partial charge < -0.3 is 4.74 Å². The Morgan fingerprint density at radius 3 is 2.83 bits per heavy atom. The Kier molecular flexibility index (Phi) is 3.21. The van der Waals surface area contributed by atoms with Crippen molar-refractivity contribution in [1.29, 1.82) is 0 Å². The number of likely N-dealkylation sites (tertiary alicyclic amines) is 1. The van der Waals surface area contributed by atoms with Crippen LogP contribution in [0.5, 0.6) is 0 Å². The van der Waals surface area contributed by atoms with Gasteiger partial charge in [0, 0.05) is 5.54 Å². The van der Waals surface area contributed by atoms with E-state index in [2.05, 4.69) is 23.2 Å². The number of fused-ring (bicyclic) bond motifs is 1. The van der Waals surface area contributed by atoms with Gasteiger partial charge >= 0.3 is 6.09 Å². The van der Waals surface area contributed by atoms with Gasteiger partial charge in [0.05, 0.1) is 21.8 Å². The summed E-state index contributed by atoms with van der Waals surface area (Å²) < 4.78 is 6.86. The minimum absolute atomic E-state index is 0.0457. The van der Waals surface area contributed by atoms with Gasteiger partial charge in [-0.25, -0.2) is 9.78 Å². The van der Waals surface area contributed by atoms with Crippen LogP contribution in [0.4, 0.5) is 4.79 Å². The molecule has 1 saturated carbocycles. The van der Waals surface area contributed by atoms with Gasteiger partial charge in [0.15, 0.2) is 0 Å². The monoisotopic (exact) mass is 330 g/mol. The van der Waals surface area contributed by atoms with Crippen LogP contribution in [-0.4, -0.2) is 27.1 Å². The molecular formula is C18H22N2O2S. The van der Waals surface area contributed by atoms with E-state index >= 15 is 0 Å². The van der Waals surface area contributed by atoms with Gasteiger partial charge in [-0.3, -0.25) is 4.90 Å². The molecular weight excluding hydrogens is 308 g/mol. The van der Waals surface area contributed by atoms with Crippen molar-refractivity contribution in [1.82, 2.24) is 9.88 Å². The quantitative estimate of drug-likeness (QED) is 0.747. The Morgan fingerprint density at radius 2 is 2.17 bits per heavy atom. The Bertz CT molecular complexity index is 758. The molecule has 2 aliphatic rings. The van der Waals surface area contributed by atoms with Crippen LogP contribution >= 0.6 is 11.3 Å². The fourth-order valence-electron chi connectivity index (χ4n) is 3.78. The van der Waals surface area contributed by atoms with Gasteiger partial charge in [-0.1, -0.05) is 6.07 Å². The molecule has 2 heterocycles. The van der Waals surface area contributed by atoms with Crippen LogP contribution in [0.15, 0.2) is 23.7 Å². The first-order chi connectivity index (χ1) is 10.9. The summed E-state index contributed by atoms with van der Waals surface area (Å²) in [5.74, 6) is 0. The standard InChI is InChI=1S/C18H22N2O2S/c1-17(2,3)22-16(21)20-14(10-18(20)7-4-8-18)12-5-6-15-13(9-12)19-11-23-15/h5-6,9,11,14H,4,7-8,10H2,1-3H3. The highest BCUT2D eigenvalue weighted by Gasteiger charge is 2.58. The molecule has 1 spiro atoms. The molecule has 1 amide bonds. The molecule has 5 heteroatoms. The topological polar surface area (TPSA) is 42.4 Å². The molecule has 4 rings (SSSR count). The van der Waals surface area contributed by atoms with Gasteiger partial charge in [0.25, 0.3) is 0 Å². The minimum atomic E-state index is -0.457. The molecule has 1 unspecified atom stereocenters. The zero-order valence-corrected chi connectivity index (χ0v) is 14.7. The lowest BCUT2D eigenvalue weighted by Crippen LogP contribution is -2.67. The third-order valence-corrected chi connectivity index (χ3v) is 5.82. The molecule has 1 aromatic heterocycles. The summed E-state index contributed by atoms with van der Waals surface area (Å²) in [6.45, 7) is 5.78. The van der Waals surface area contributed by atoms with Crippen LogP contribution in [0.3, 0.4) is 0 Å². The van der Waals surface area contributed by atoms with E-state index in [9.17, 15) is 4.79 Å². The molecule has 0 bridgehead atoms. The molecule has 2 aromatic rings. The maximum Gasteiger partial charge on any atom is 0.411 e. The summed E-state index contributed by atoms with van der Waals surface area (Å²) in [7, 11) is 0. The van der Waals surface area contributed by atoms with E-state index < -0.39 is 5.60 Å². The highest BCUT2D eigenvalue weighted by molar-refractivity contribution is 7.16. The molecule has 0 radical (unpaired) electrons. The number of thiazole rings is 1. The number of benzene rings is 1. The van der Waals surface area contributed by atoms with Gasteiger partial charge in [-0.05, 0) is 64.2 Å². The van der Waals surface area contributed by atoms with Crippen molar-refractivity contribution in [2.24, 2.45) is 0 Å². The van der Waals surface area contributed by atoms with E-state index in [4.69, 9.17) is 4.74 Å². The van der Waals surface area contributed by atoms with Crippen molar-refractivity contribution >= 4 is 27.6 Å². The van der Waals surface area contributed by atoms with Crippen LogP contribution in [0.25, 0.3) is 10.2 Å². The molecule has 4 nitrogen and oxygen atoms in total. The first-order valence-electron chi connectivity index (χ1n) is 8.24. The van der Waals surface area contributed by atoms with Crippen molar-refractivity contribution in [2.45, 2.75) is 63.6 Å². The predicted octanol–water partition coefficient (Wildman–Crippen LogP) is 4.90. The number of hydrogen-bond donors (Lipinski definition) is 0. The van der Waals surface area contributed by atoms with Gasteiger partial charge in [0.2, 0.25) is 0 Å². The highest BCUT2D eigenvalue weighted by atomic mass is 32.1. The van der Waals surface area contributed by atoms with E-state index in [-0.39, 0.29) is 17.7 Å². The number of ether oxygens (including phenoxy) is 1. The molecule has 1 saturated heterocycles. The number of rotatable bonds is 1. The average Bonchev–Trinajstić information content (AvgIpc) is 2.80. The fourth-order valence-corrected chi connectivity index (χ4v) is 4.44. The number of amides is 1. The van der Waals surface area contributed by atoms with Crippen LogP contribution in [-0.2, 0) is 4.74 Å². The molecule has 1 aliphatic carbocycles. The number of nitrogens with zero attached hydrogens (tertiary/aromatic N) is 2. The van der Waals surface area contributed by atoms with Gasteiger partial charge in [-0.2, -0.15) is 0 Å².